The van der Waals surface area contributed by atoms with Crippen LogP contribution in [-0.4, -0.2) is 42.5 Å². The van der Waals surface area contributed by atoms with Crippen LogP contribution >= 0.6 is 0 Å². The molecule has 0 amide bonds. The number of hydrogen-bond donors (Lipinski definition) is 1. The zero-order valence-electron chi connectivity index (χ0n) is 15.5. The summed E-state index contributed by atoms with van der Waals surface area (Å²) < 4.78 is 31.2. The number of benzene rings is 1. The van der Waals surface area contributed by atoms with E-state index in [2.05, 4.69) is 6.92 Å². The van der Waals surface area contributed by atoms with Gasteiger partial charge in [-0.3, -0.25) is 4.55 Å². The number of hydrogen-bond acceptors (Lipinski definition) is 2. The Kier molecular flexibility index (Phi) is 14.4. The Labute approximate surface area is 170 Å². The first-order chi connectivity index (χ1) is 11.0. The number of unbranched alkanes of at least 4 members (excludes halogenated alkanes) is 10. The standard InChI is InChI=1S/C19H32O3S.Na/c1-2-3-4-5-6-7-8-9-10-11-12-14-18-15-13-16-19(17-18)23(20,21)22;/h13,15-17H,2-12,14H2,1H3,(H,20,21,22);. The second kappa shape index (κ2) is 14.3. The predicted molar refractivity (Wildman–Crippen MR) is 102 cm³/mol. The van der Waals surface area contributed by atoms with Crippen LogP contribution in [0.15, 0.2) is 29.2 Å². The normalized spacial score (nSPS) is 11.2. The van der Waals surface area contributed by atoms with Crippen LogP contribution in [0.25, 0.3) is 0 Å². The van der Waals surface area contributed by atoms with Crippen molar-refractivity contribution in [3.05, 3.63) is 29.8 Å². The monoisotopic (exact) mass is 363 g/mol. The van der Waals surface area contributed by atoms with E-state index in [1.54, 1.807) is 12.1 Å². The number of rotatable bonds is 13. The van der Waals surface area contributed by atoms with Crippen LogP contribution in [0.4, 0.5) is 0 Å². The van der Waals surface area contributed by atoms with Gasteiger partial charge >= 0.3 is 0 Å². The molecular formula is C19H32NaO3S. The second-order valence-electron chi connectivity index (χ2n) is 6.41. The maximum absolute atomic E-state index is 11.1. The van der Waals surface area contributed by atoms with Crippen LogP contribution in [0.3, 0.4) is 0 Å². The van der Waals surface area contributed by atoms with Crippen molar-refractivity contribution in [3.63, 3.8) is 0 Å². The van der Waals surface area contributed by atoms with Crippen molar-refractivity contribution in [1.29, 1.82) is 0 Å². The van der Waals surface area contributed by atoms with Crippen LogP contribution in [0.2, 0.25) is 0 Å². The van der Waals surface area contributed by atoms with Crippen LogP contribution < -0.4 is 0 Å². The maximum Gasteiger partial charge on any atom is 0.294 e. The molecule has 0 saturated heterocycles. The molecule has 24 heavy (non-hydrogen) atoms. The summed E-state index contributed by atoms with van der Waals surface area (Å²) in [5.74, 6) is 0. The van der Waals surface area contributed by atoms with Crippen molar-refractivity contribution in [3.8, 4) is 0 Å². The molecule has 1 radical (unpaired) electrons. The molecule has 1 N–H and O–H groups in total. The Morgan fingerprint density at radius 1 is 0.833 bits per heavy atom. The van der Waals surface area contributed by atoms with E-state index < -0.39 is 10.1 Å². The van der Waals surface area contributed by atoms with Crippen molar-refractivity contribution in [1.82, 2.24) is 0 Å². The summed E-state index contributed by atoms with van der Waals surface area (Å²) >= 11 is 0. The van der Waals surface area contributed by atoms with Crippen molar-refractivity contribution in [2.45, 2.75) is 88.9 Å². The molecule has 0 aromatic heterocycles. The van der Waals surface area contributed by atoms with Gasteiger partial charge in [-0.05, 0) is 30.5 Å². The summed E-state index contributed by atoms with van der Waals surface area (Å²) in [5, 5.41) is 0. The average Bonchev–Trinajstić information content (AvgIpc) is 2.52. The molecule has 1 rings (SSSR count). The third kappa shape index (κ3) is 11.6. The summed E-state index contributed by atoms with van der Waals surface area (Å²) in [5.41, 5.74) is 0.982. The van der Waals surface area contributed by atoms with E-state index in [4.69, 9.17) is 4.55 Å². The molecule has 0 unspecified atom stereocenters. The van der Waals surface area contributed by atoms with Gasteiger partial charge in [-0.15, -0.1) is 0 Å². The fraction of sp³-hybridized carbons (Fsp3) is 0.684. The SMILES string of the molecule is CCCCCCCCCCCCCc1cccc(S(=O)(=O)O)c1.[Na]. The van der Waals surface area contributed by atoms with E-state index in [0.717, 1.165) is 18.4 Å². The third-order valence-electron chi connectivity index (χ3n) is 4.27. The van der Waals surface area contributed by atoms with E-state index in [-0.39, 0.29) is 34.5 Å². The fourth-order valence-electron chi connectivity index (χ4n) is 2.85. The Hall–Kier alpha value is 0.130. The topological polar surface area (TPSA) is 54.4 Å². The summed E-state index contributed by atoms with van der Waals surface area (Å²) in [6.45, 7) is 2.25. The van der Waals surface area contributed by atoms with Crippen molar-refractivity contribution < 1.29 is 13.0 Å². The van der Waals surface area contributed by atoms with Crippen molar-refractivity contribution in [2.24, 2.45) is 0 Å². The van der Waals surface area contributed by atoms with Gasteiger partial charge < -0.3 is 0 Å². The molecule has 0 aliphatic heterocycles. The molecule has 0 saturated carbocycles. The molecule has 0 spiro atoms. The van der Waals surface area contributed by atoms with Gasteiger partial charge in [-0.1, -0.05) is 83.3 Å². The minimum atomic E-state index is -4.08. The van der Waals surface area contributed by atoms with Gasteiger partial charge in [0.2, 0.25) is 0 Å². The van der Waals surface area contributed by atoms with Gasteiger partial charge in [0.25, 0.3) is 10.1 Å². The molecule has 0 atom stereocenters. The van der Waals surface area contributed by atoms with E-state index >= 15 is 0 Å². The van der Waals surface area contributed by atoms with Crippen LogP contribution in [0.1, 0.15) is 83.1 Å². The van der Waals surface area contributed by atoms with Crippen molar-refractivity contribution in [2.75, 3.05) is 0 Å². The summed E-state index contributed by atoms with van der Waals surface area (Å²) in [6.07, 6.45) is 15.2. The van der Waals surface area contributed by atoms with E-state index in [9.17, 15) is 8.42 Å². The Morgan fingerprint density at radius 2 is 1.33 bits per heavy atom. The van der Waals surface area contributed by atoms with E-state index in [1.165, 1.54) is 70.3 Å². The van der Waals surface area contributed by atoms with Gasteiger partial charge in [0, 0.05) is 29.6 Å². The Morgan fingerprint density at radius 3 is 1.83 bits per heavy atom. The predicted octanol–water partition coefficient (Wildman–Crippen LogP) is 5.41. The average molecular weight is 364 g/mol. The minimum Gasteiger partial charge on any atom is -0.282 e. The smallest absolute Gasteiger partial charge is 0.282 e. The van der Waals surface area contributed by atoms with Gasteiger partial charge in [0.1, 0.15) is 0 Å². The number of aryl methyl sites for hydroxylation is 1. The van der Waals surface area contributed by atoms with E-state index in [1.807, 2.05) is 6.07 Å². The molecule has 1 aromatic rings. The molecule has 0 aliphatic carbocycles. The molecular weight excluding hydrogens is 331 g/mol. The summed E-state index contributed by atoms with van der Waals surface area (Å²) in [6, 6.07) is 6.62. The molecule has 5 heteroatoms. The Balaban J connectivity index is 0.00000529. The maximum atomic E-state index is 11.1. The quantitative estimate of drug-likeness (QED) is 0.290. The molecule has 0 bridgehead atoms. The molecule has 3 nitrogen and oxygen atoms in total. The first-order valence-electron chi connectivity index (χ1n) is 9.10. The van der Waals surface area contributed by atoms with Crippen LogP contribution in [0, 0.1) is 0 Å². The Bertz CT molecular complexity index is 529. The van der Waals surface area contributed by atoms with Gasteiger partial charge in [0.05, 0.1) is 4.90 Å². The summed E-state index contributed by atoms with van der Waals surface area (Å²) in [7, 11) is -4.08. The molecule has 0 aliphatic rings. The zero-order valence-corrected chi connectivity index (χ0v) is 18.3. The van der Waals surface area contributed by atoms with Gasteiger partial charge in [0.15, 0.2) is 0 Å². The van der Waals surface area contributed by atoms with Crippen LogP contribution in [-0.2, 0) is 16.5 Å². The molecule has 1 aromatic carbocycles. The van der Waals surface area contributed by atoms with Gasteiger partial charge in [-0.2, -0.15) is 8.42 Å². The van der Waals surface area contributed by atoms with Gasteiger partial charge in [-0.25, -0.2) is 0 Å². The zero-order chi connectivity index (χ0) is 17.0. The first kappa shape index (κ1) is 24.1. The van der Waals surface area contributed by atoms with Crippen LogP contribution in [0.5, 0.6) is 0 Å². The molecule has 0 fully saturated rings. The fourth-order valence-corrected chi connectivity index (χ4v) is 3.41. The second-order valence-corrected chi connectivity index (χ2v) is 7.83. The largest absolute Gasteiger partial charge is 0.294 e. The third-order valence-corrected chi connectivity index (χ3v) is 5.11. The molecule has 0 heterocycles. The summed E-state index contributed by atoms with van der Waals surface area (Å²) in [4.78, 5) is -0.00178. The van der Waals surface area contributed by atoms with Crippen molar-refractivity contribution >= 4 is 39.7 Å². The first-order valence-corrected chi connectivity index (χ1v) is 10.5. The molecule has 133 valence electrons. The minimum absolute atomic E-state index is 0. The van der Waals surface area contributed by atoms with E-state index in [0.29, 0.717) is 0 Å².